The molecule has 0 spiro atoms. The van der Waals surface area contributed by atoms with Crippen LogP contribution in [0, 0.1) is 17.8 Å². The first kappa shape index (κ1) is 96.1. The van der Waals surface area contributed by atoms with Crippen molar-refractivity contribution in [2.24, 2.45) is 17.8 Å². The highest BCUT2D eigenvalue weighted by Crippen LogP contribution is 2.45. The van der Waals surface area contributed by atoms with Crippen LogP contribution in [0.3, 0.4) is 0 Å². The molecule has 98 heavy (non-hydrogen) atoms. The van der Waals surface area contributed by atoms with E-state index in [2.05, 4.69) is 48.5 Å². The van der Waals surface area contributed by atoms with E-state index in [-0.39, 0.29) is 25.7 Å². The molecule has 0 heterocycles. The maximum atomic E-state index is 13.1. The molecule has 582 valence electrons. The van der Waals surface area contributed by atoms with Gasteiger partial charge in [0.2, 0.25) is 0 Å². The van der Waals surface area contributed by atoms with E-state index in [1.54, 1.807) is 0 Å². The highest BCUT2D eigenvalue weighted by Gasteiger charge is 2.30. The summed E-state index contributed by atoms with van der Waals surface area (Å²) in [5.74, 6) is 0.225. The van der Waals surface area contributed by atoms with E-state index in [9.17, 15) is 43.2 Å². The number of unbranched alkanes of at least 4 members (excludes halogenated alkanes) is 44. The van der Waals surface area contributed by atoms with Crippen LogP contribution in [0.15, 0.2) is 0 Å². The number of hydrogen-bond donors (Lipinski definition) is 3. The quantitative estimate of drug-likeness (QED) is 0.0222. The second kappa shape index (κ2) is 69.4. The number of esters is 4. The third kappa shape index (κ3) is 71.1. The van der Waals surface area contributed by atoms with E-state index >= 15 is 0 Å². The Bertz CT molecular complexity index is 1910. The van der Waals surface area contributed by atoms with Gasteiger partial charge in [0, 0.05) is 25.7 Å². The number of phosphoric acid groups is 2. The van der Waals surface area contributed by atoms with Crippen molar-refractivity contribution < 1.29 is 80.2 Å². The van der Waals surface area contributed by atoms with Gasteiger partial charge in [-0.3, -0.25) is 37.3 Å². The SMILES string of the molecule is CCCCCCCCCCCCCCCCCC(=O)OC[C@H](COP(=O)(O)OC[C@@H](O)COP(=O)(O)OC[C@@H](COC(=O)CCCCCCCCCCC(C)C)OC(=O)CCCCCCCCCCCCCC(C)C)OC(=O)CCCCCCCCCCCCCCCCC(C)CC. The molecule has 0 saturated heterocycles. The molecule has 0 fully saturated rings. The Morgan fingerprint density at radius 2 is 0.520 bits per heavy atom. The third-order valence-electron chi connectivity index (χ3n) is 18.7. The maximum absolute atomic E-state index is 13.1. The molecule has 3 unspecified atom stereocenters. The van der Waals surface area contributed by atoms with Crippen LogP contribution in [-0.2, 0) is 65.4 Å². The second-order valence-corrected chi connectivity index (χ2v) is 32.6. The van der Waals surface area contributed by atoms with Crippen LogP contribution in [0.2, 0.25) is 0 Å². The van der Waals surface area contributed by atoms with Gasteiger partial charge in [-0.25, -0.2) is 9.13 Å². The molecule has 0 aliphatic carbocycles. The number of hydrogen-bond acceptors (Lipinski definition) is 15. The molecule has 6 atom stereocenters. The lowest BCUT2D eigenvalue weighted by Gasteiger charge is -2.21. The Hall–Kier alpha value is -1.94. The van der Waals surface area contributed by atoms with Crippen LogP contribution < -0.4 is 0 Å². The summed E-state index contributed by atoms with van der Waals surface area (Å²) in [4.78, 5) is 73.0. The molecule has 0 saturated carbocycles. The highest BCUT2D eigenvalue weighted by atomic mass is 31.2. The minimum atomic E-state index is -4.96. The third-order valence-corrected chi connectivity index (χ3v) is 20.6. The van der Waals surface area contributed by atoms with Crippen LogP contribution in [0.4, 0.5) is 0 Å². The summed E-state index contributed by atoms with van der Waals surface area (Å²) in [5, 5.41) is 10.6. The first-order chi connectivity index (χ1) is 47.3. The molecule has 0 amide bonds. The number of aliphatic hydroxyl groups is 1. The molecule has 0 aliphatic rings. The first-order valence-corrected chi connectivity index (χ1v) is 43.9. The molecule has 3 N–H and O–H groups in total. The average Bonchev–Trinajstić information content (AvgIpc) is 3.73. The minimum Gasteiger partial charge on any atom is -0.462 e. The van der Waals surface area contributed by atoms with E-state index in [1.165, 1.54) is 218 Å². The van der Waals surface area contributed by atoms with Gasteiger partial charge >= 0.3 is 39.5 Å². The van der Waals surface area contributed by atoms with Crippen molar-refractivity contribution in [1.82, 2.24) is 0 Å². The number of ether oxygens (including phenoxy) is 4. The van der Waals surface area contributed by atoms with Gasteiger partial charge in [-0.15, -0.1) is 0 Å². The Morgan fingerprint density at radius 3 is 0.776 bits per heavy atom. The van der Waals surface area contributed by atoms with Gasteiger partial charge in [-0.2, -0.15) is 0 Å². The molecular formula is C79H154O17P2. The molecule has 0 bridgehead atoms. The smallest absolute Gasteiger partial charge is 0.462 e. The molecule has 0 aliphatic heterocycles. The summed E-state index contributed by atoms with van der Waals surface area (Å²) in [5.41, 5.74) is 0. The highest BCUT2D eigenvalue weighted by molar-refractivity contribution is 7.47. The van der Waals surface area contributed by atoms with Crippen molar-refractivity contribution in [2.45, 2.75) is 426 Å². The van der Waals surface area contributed by atoms with E-state index < -0.39 is 97.5 Å². The summed E-state index contributed by atoms with van der Waals surface area (Å²) in [6.45, 7) is 11.9. The fraction of sp³-hybridized carbons (Fsp3) is 0.949. The number of rotatable bonds is 77. The molecule has 0 aromatic heterocycles. The van der Waals surface area contributed by atoms with E-state index in [1.807, 2.05) is 0 Å². The van der Waals surface area contributed by atoms with Gasteiger partial charge in [0.1, 0.15) is 19.3 Å². The number of carbonyl (C=O) groups is 4. The summed E-state index contributed by atoms with van der Waals surface area (Å²) >= 11 is 0. The maximum Gasteiger partial charge on any atom is 0.472 e. The Labute approximate surface area is 600 Å². The molecule has 0 rings (SSSR count). The second-order valence-electron chi connectivity index (χ2n) is 29.6. The van der Waals surface area contributed by atoms with Crippen molar-refractivity contribution in [1.29, 1.82) is 0 Å². The Morgan fingerprint density at radius 1 is 0.296 bits per heavy atom. The van der Waals surface area contributed by atoms with Crippen molar-refractivity contribution in [3.63, 3.8) is 0 Å². The molecular weight excluding hydrogens is 1280 g/mol. The predicted octanol–water partition coefficient (Wildman–Crippen LogP) is 23.4. The van der Waals surface area contributed by atoms with Crippen LogP contribution >= 0.6 is 15.6 Å². The normalized spacial score (nSPS) is 14.3. The summed E-state index contributed by atoms with van der Waals surface area (Å²) in [6, 6.07) is 0. The van der Waals surface area contributed by atoms with E-state index in [0.717, 1.165) is 108 Å². The van der Waals surface area contributed by atoms with Crippen molar-refractivity contribution in [2.75, 3.05) is 39.6 Å². The van der Waals surface area contributed by atoms with Crippen molar-refractivity contribution in [3.05, 3.63) is 0 Å². The van der Waals surface area contributed by atoms with Crippen molar-refractivity contribution >= 4 is 39.5 Å². The van der Waals surface area contributed by atoms with Crippen LogP contribution in [0.5, 0.6) is 0 Å². The van der Waals surface area contributed by atoms with Crippen LogP contribution in [0.1, 0.15) is 408 Å². The largest absolute Gasteiger partial charge is 0.472 e. The van der Waals surface area contributed by atoms with Crippen molar-refractivity contribution in [3.8, 4) is 0 Å². The lowest BCUT2D eigenvalue weighted by molar-refractivity contribution is -0.161. The van der Waals surface area contributed by atoms with Gasteiger partial charge in [0.15, 0.2) is 12.2 Å². The van der Waals surface area contributed by atoms with Gasteiger partial charge in [-0.05, 0) is 43.4 Å². The Balaban J connectivity index is 5.26. The van der Waals surface area contributed by atoms with Gasteiger partial charge in [0.25, 0.3) is 0 Å². The van der Waals surface area contributed by atoms with Gasteiger partial charge in [0.05, 0.1) is 26.4 Å². The summed E-state index contributed by atoms with van der Waals surface area (Å²) < 4.78 is 68.7. The van der Waals surface area contributed by atoms with E-state index in [4.69, 9.17) is 37.0 Å². The topological polar surface area (TPSA) is 237 Å². The summed E-state index contributed by atoms with van der Waals surface area (Å²) in [7, 11) is -9.92. The Kier molecular flexibility index (Phi) is 68.1. The zero-order chi connectivity index (χ0) is 72.3. The number of carbonyl (C=O) groups excluding carboxylic acids is 4. The standard InChI is InChI=1S/C79H154O17P2/c1-8-10-11-12-13-14-15-16-17-21-26-31-39-46-53-60-76(81)89-66-74(95-78(83)62-55-48-41-32-27-22-19-18-20-25-30-38-45-52-59-72(7)9-2)68-93-97(85,86)91-64-73(80)65-92-98(87,88)94-69-75(67-90-77(82)61-54-47-40-35-34-37-44-51-58-71(5)6)96-79(84)63-56-49-42-33-28-23-24-29-36-43-50-57-70(3)4/h70-75,80H,8-69H2,1-7H3,(H,85,86)(H,87,88)/t72?,73-,74-,75-/m1/s1. The van der Waals surface area contributed by atoms with Gasteiger partial charge in [-0.1, -0.05) is 357 Å². The minimum absolute atomic E-state index is 0.106. The lowest BCUT2D eigenvalue weighted by Crippen LogP contribution is -2.30. The van der Waals surface area contributed by atoms with Crippen LogP contribution in [-0.4, -0.2) is 96.7 Å². The fourth-order valence-corrected chi connectivity index (χ4v) is 13.7. The molecule has 0 radical (unpaired) electrons. The molecule has 17 nitrogen and oxygen atoms in total. The molecule has 0 aromatic rings. The summed E-state index contributed by atoms with van der Waals surface area (Å²) in [6.07, 6.45) is 56.8. The zero-order valence-electron chi connectivity index (χ0n) is 64.3. The zero-order valence-corrected chi connectivity index (χ0v) is 66.0. The van der Waals surface area contributed by atoms with Crippen LogP contribution in [0.25, 0.3) is 0 Å². The number of aliphatic hydroxyl groups excluding tert-OH is 1. The fourth-order valence-electron chi connectivity index (χ4n) is 12.1. The first-order valence-electron chi connectivity index (χ1n) is 40.9. The van der Waals surface area contributed by atoms with E-state index in [0.29, 0.717) is 25.7 Å². The predicted molar refractivity (Wildman–Crippen MR) is 400 cm³/mol. The average molecular weight is 1440 g/mol. The number of phosphoric ester groups is 2. The van der Waals surface area contributed by atoms with Gasteiger partial charge < -0.3 is 33.8 Å². The monoisotopic (exact) mass is 1440 g/mol. The molecule has 19 heteroatoms. The lowest BCUT2D eigenvalue weighted by atomic mass is 9.99. The molecule has 0 aromatic carbocycles.